The van der Waals surface area contributed by atoms with Crippen molar-refractivity contribution in [1.82, 2.24) is 0 Å². The molecular weight excluding hydrogens is 621 g/mol. The Kier molecular flexibility index (Phi) is 13.4. The summed E-state index contributed by atoms with van der Waals surface area (Å²) in [4.78, 5) is 13.2. The van der Waals surface area contributed by atoms with Crippen molar-refractivity contribution in [2.75, 3.05) is 0 Å². The molecule has 5 aliphatic carbocycles. The summed E-state index contributed by atoms with van der Waals surface area (Å²) in [5, 5.41) is 0. The molecule has 0 saturated heterocycles. The maximum Gasteiger partial charge on any atom is 0.306 e. The molecule has 288 valence electrons. The molecule has 5 saturated carbocycles. The Bertz CT molecular complexity index is 1270. The minimum Gasteiger partial charge on any atom is -0.462 e. The molecule has 0 heterocycles. The van der Waals surface area contributed by atoms with Gasteiger partial charge >= 0.3 is 5.97 Å². The zero-order chi connectivity index (χ0) is 36.9. The Labute approximate surface area is 316 Å². The predicted octanol–water partition coefficient (Wildman–Crippen LogP) is 14.6. The standard InChI is InChI=1S/C49H80O2/c1-10-11-12-13-14-15-16-17-18-19-20-21-22-23-24-25-44(50)51-43-31-33-48-36-49(48)35-34-46(8)40(39(5)27-26-38(4)37(2)3)30-32-47(46,9)42(49)29-28-41(48)45(43,6)7/h11-12,14-15,17-18,38-43H,2,10,13,16,19-36H2,1,3-9H3/b12-11-,15-14-,18-17-/t38-,39+,40+,41-,42-,43-,46+,47-,48+,49-/m0/s1. The van der Waals surface area contributed by atoms with Crippen LogP contribution in [-0.2, 0) is 9.53 Å². The van der Waals surface area contributed by atoms with Crippen LogP contribution in [0.5, 0.6) is 0 Å². The van der Waals surface area contributed by atoms with Gasteiger partial charge in [-0.15, -0.1) is 0 Å². The number of esters is 1. The Balaban J connectivity index is 1.06. The van der Waals surface area contributed by atoms with E-state index in [9.17, 15) is 4.79 Å². The summed E-state index contributed by atoms with van der Waals surface area (Å²) in [6.45, 7) is 24.1. The maximum atomic E-state index is 13.2. The van der Waals surface area contributed by atoms with E-state index in [-0.39, 0.29) is 17.5 Å². The maximum absolute atomic E-state index is 13.2. The molecule has 2 spiro atoms. The molecule has 0 aromatic carbocycles. The van der Waals surface area contributed by atoms with E-state index in [0.29, 0.717) is 39.9 Å². The number of allylic oxidation sites excluding steroid dienone is 7. The molecule has 5 fully saturated rings. The van der Waals surface area contributed by atoms with Crippen molar-refractivity contribution in [1.29, 1.82) is 0 Å². The highest BCUT2D eigenvalue weighted by atomic mass is 16.5. The van der Waals surface area contributed by atoms with E-state index in [1.165, 1.54) is 95.5 Å². The fourth-order valence-corrected chi connectivity index (χ4v) is 13.6. The molecule has 0 aromatic heterocycles. The van der Waals surface area contributed by atoms with Gasteiger partial charge in [0, 0.05) is 11.8 Å². The lowest BCUT2D eigenvalue weighted by Crippen LogP contribution is -2.58. The van der Waals surface area contributed by atoms with Crippen LogP contribution in [0.25, 0.3) is 0 Å². The number of hydrogen-bond acceptors (Lipinski definition) is 2. The molecule has 5 aliphatic rings. The normalized spacial score (nSPS) is 37.9. The van der Waals surface area contributed by atoms with E-state index < -0.39 is 0 Å². The Hall–Kier alpha value is -1.57. The molecule has 0 radical (unpaired) electrons. The van der Waals surface area contributed by atoms with Gasteiger partial charge in [0.1, 0.15) is 6.10 Å². The van der Waals surface area contributed by atoms with Gasteiger partial charge in [-0.2, -0.15) is 0 Å². The van der Waals surface area contributed by atoms with Crippen molar-refractivity contribution in [3.8, 4) is 0 Å². The first-order chi connectivity index (χ1) is 24.3. The lowest BCUT2D eigenvalue weighted by atomic mass is 9.41. The molecule has 2 nitrogen and oxygen atoms in total. The number of carbonyl (C=O) groups excluding carboxylic acids is 1. The summed E-state index contributed by atoms with van der Waals surface area (Å²) in [5.41, 5.74) is 3.45. The third kappa shape index (κ3) is 7.97. The van der Waals surface area contributed by atoms with Crippen LogP contribution in [0.1, 0.15) is 190 Å². The fourth-order valence-electron chi connectivity index (χ4n) is 13.6. The van der Waals surface area contributed by atoms with Crippen LogP contribution >= 0.6 is 0 Å². The van der Waals surface area contributed by atoms with Gasteiger partial charge in [-0.1, -0.05) is 116 Å². The van der Waals surface area contributed by atoms with Gasteiger partial charge in [-0.25, -0.2) is 0 Å². The van der Waals surface area contributed by atoms with E-state index in [2.05, 4.69) is 98.4 Å². The van der Waals surface area contributed by atoms with Crippen molar-refractivity contribution in [3.63, 3.8) is 0 Å². The predicted molar refractivity (Wildman–Crippen MR) is 218 cm³/mol. The number of fused-ring (bicyclic) bond motifs is 2. The lowest BCUT2D eigenvalue weighted by Gasteiger charge is -2.63. The molecular formula is C49H80O2. The van der Waals surface area contributed by atoms with Gasteiger partial charge in [-0.3, -0.25) is 4.79 Å². The zero-order valence-electron chi connectivity index (χ0n) is 34.8. The second kappa shape index (κ2) is 16.8. The Morgan fingerprint density at radius 2 is 1.39 bits per heavy atom. The number of rotatable bonds is 19. The molecule has 0 aliphatic heterocycles. The highest BCUT2D eigenvalue weighted by Crippen LogP contribution is 2.89. The van der Waals surface area contributed by atoms with Gasteiger partial charge in [0.15, 0.2) is 0 Å². The van der Waals surface area contributed by atoms with Crippen molar-refractivity contribution < 1.29 is 9.53 Å². The number of ether oxygens (including phenoxy) is 1. The highest BCUT2D eigenvalue weighted by Gasteiger charge is 2.82. The molecule has 0 bridgehead atoms. The van der Waals surface area contributed by atoms with Crippen LogP contribution in [0.4, 0.5) is 0 Å². The van der Waals surface area contributed by atoms with Gasteiger partial charge in [0.25, 0.3) is 0 Å². The summed E-state index contributed by atoms with van der Waals surface area (Å²) < 4.78 is 6.41. The first kappa shape index (κ1) is 40.6. The largest absolute Gasteiger partial charge is 0.462 e. The quantitative estimate of drug-likeness (QED) is 0.0762. The van der Waals surface area contributed by atoms with Crippen molar-refractivity contribution in [3.05, 3.63) is 48.6 Å². The van der Waals surface area contributed by atoms with Crippen LogP contribution in [0, 0.1) is 56.7 Å². The van der Waals surface area contributed by atoms with Crippen LogP contribution in [0.3, 0.4) is 0 Å². The summed E-state index contributed by atoms with van der Waals surface area (Å²) in [6, 6.07) is 0. The SMILES string of the molecule is C=C(C)[C@@H](C)CC[C@@H](C)[C@H]1CC[C@@]2(C)[C@@H]3CC[C@H]4C(C)(C)[C@@H](OC(=O)CCCCCCC/C=C\C/C=C\C/C=C\CC)CC[C@@]45C[C@@]35CC[C@]12C. The lowest BCUT2D eigenvalue weighted by molar-refractivity contribution is -0.183. The molecule has 0 N–H and O–H groups in total. The summed E-state index contributed by atoms with van der Waals surface area (Å²) in [5.74, 6) is 3.98. The van der Waals surface area contributed by atoms with Crippen molar-refractivity contribution in [2.45, 2.75) is 196 Å². The van der Waals surface area contributed by atoms with E-state index in [4.69, 9.17) is 4.74 Å². The Morgan fingerprint density at radius 3 is 2.12 bits per heavy atom. The second-order valence-corrected chi connectivity index (χ2v) is 19.9. The first-order valence-electron chi connectivity index (χ1n) is 22.1. The minimum atomic E-state index is 0.0640. The minimum absolute atomic E-state index is 0.0640. The third-order valence-corrected chi connectivity index (χ3v) is 17.0. The first-order valence-corrected chi connectivity index (χ1v) is 22.1. The number of hydrogen-bond donors (Lipinski definition) is 0. The molecule has 51 heavy (non-hydrogen) atoms. The zero-order valence-corrected chi connectivity index (χ0v) is 34.8. The van der Waals surface area contributed by atoms with Gasteiger partial charge in [0.2, 0.25) is 0 Å². The molecule has 2 heteroatoms. The monoisotopic (exact) mass is 701 g/mol. The molecule has 0 amide bonds. The highest BCUT2D eigenvalue weighted by molar-refractivity contribution is 5.69. The summed E-state index contributed by atoms with van der Waals surface area (Å²) in [7, 11) is 0. The van der Waals surface area contributed by atoms with Gasteiger partial charge < -0.3 is 4.74 Å². The van der Waals surface area contributed by atoms with Crippen LogP contribution in [0.15, 0.2) is 48.6 Å². The van der Waals surface area contributed by atoms with E-state index in [1.807, 2.05) is 0 Å². The number of unbranched alkanes of at least 4 members (excludes halogenated alkanes) is 5. The third-order valence-electron chi connectivity index (χ3n) is 17.0. The van der Waals surface area contributed by atoms with Crippen LogP contribution < -0.4 is 0 Å². The summed E-state index contributed by atoms with van der Waals surface area (Å²) >= 11 is 0. The molecule has 0 aromatic rings. The topological polar surface area (TPSA) is 26.3 Å². The van der Waals surface area contributed by atoms with E-state index in [0.717, 1.165) is 56.3 Å². The molecule has 5 rings (SSSR count). The van der Waals surface area contributed by atoms with Gasteiger partial charge in [0.05, 0.1) is 0 Å². The van der Waals surface area contributed by atoms with Crippen LogP contribution in [-0.4, -0.2) is 12.1 Å². The van der Waals surface area contributed by atoms with Crippen molar-refractivity contribution in [2.24, 2.45) is 56.7 Å². The Morgan fingerprint density at radius 1 is 0.745 bits per heavy atom. The van der Waals surface area contributed by atoms with Crippen molar-refractivity contribution >= 4 is 5.97 Å². The molecule has 10 atom stereocenters. The number of carbonyl (C=O) groups is 1. The second-order valence-electron chi connectivity index (χ2n) is 19.9. The molecule has 0 unspecified atom stereocenters. The average molecular weight is 701 g/mol. The fraction of sp³-hybridized carbons (Fsp3) is 0.816. The average Bonchev–Trinajstić information content (AvgIpc) is 3.67. The van der Waals surface area contributed by atoms with E-state index >= 15 is 0 Å². The summed E-state index contributed by atoms with van der Waals surface area (Å²) in [6.07, 6.45) is 39.5. The van der Waals surface area contributed by atoms with E-state index in [1.54, 1.807) is 0 Å². The smallest absolute Gasteiger partial charge is 0.306 e. The van der Waals surface area contributed by atoms with Crippen LogP contribution in [0.2, 0.25) is 0 Å². The van der Waals surface area contributed by atoms with Gasteiger partial charge in [-0.05, 0) is 167 Å².